The first-order chi connectivity index (χ1) is 8.36. The maximum atomic E-state index is 5.48. The van der Waals surface area contributed by atoms with Crippen LogP contribution in [-0.4, -0.2) is 20.6 Å². The molecule has 0 unspecified atom stereocenters. The Morgan fingerprint density at radius 2 is 2.41 bits per heavy atom. The summed E-state index contributed by atoms with van der Waals surface area (Å²) in [6.07, 6.45) is 8.79. The Morgan fingerprint density at radius 1 is 1.53 bits per heavy atom. The zero-order valence-electron chi connectivity index (χ0n) is 9.89. The van der Waals surface area contributed by atoms with Gasteiger partial charge >= 0.3 is 6.01 Å². The van der Waals surface area contributed by atoms with Crippen LogP contribution in [0.5, 0.6) is 0 Å². The van der Waals surface area contributed by atoms with Gasteiger partial charge in [0.25, 0.3) is 0 Å². The number of hydrogen-bond donors (Lipinski definition) is 1. The van der Waals surface area contributed by atoms with Crippen LogP contribution in [0.15, 0.2) is 23.1 Å². The summed E-state index contributed by atoms with van der Waals surface area (Å²) >= 11 is 0. The summed E-state index contributed by atoms with van der Waals surface area (Å²) in [6, 6.07) is 1.29. The van der Waals surface area contributed by atoms with Gasteiger partial charge < -0.3 is 9.73 Å². The molecular formula is C12H16N4O. The monoisotopic (exact) mass is 232 g/mol. The normalized spacial score (nSPS) is 15.4. The second-order valence-electron chi connectivity index (χ2n) is 4.34. The summed E-state index contributed by atoms with van der Waals surface area (Å²) in [6.45, 7) is 2.85. The van der Waals surface area contributed by atoms with Crippen LogP contribution in [0, 0.1) is 0 Å². The molecule has 3 rings (SSSR count). The topological polar surface area (TPSA) is 55.9 Å². The third kappa shape index (κ3) is 2.24. The van der Waals surface area contributed by atoms with E-state index < -0.39 is 0 Å². The summed E-state index contributed by atoms with van der Waals surface area (Å²) in [5, 5.41) is 3.41. The molecule has 5 heteroatoms. The highest BCUT2D eigenvalue weighted by atomic mass is 16.4. The largest absolute Gasteiger partial charge is 0.431 e. The molecule has 1 aliphatic rings. The van der Waals surface area contributed by atoms with Crippen molar-refractivity contribution < 1.29 is 4.42 Å². The summed E-state index contributed by atoms with van der Waals surface area (Å²) in [5.41, 5.74) is 0.947. The molecule has 2 heterocycles. The van der Waals surface area contributed by atoms with Gasteiger partial charge in [-0.15, -0.1) is 0 Å². The lowest BCUT2D eigenvalue weighted by Gasteiger charge is -1.99. The van der Waals surface area contributed by atoms with Crippen molar-refractivity contribution in [3.8, 4) is 6.01 Å². The minimum Gasteiger partial charge on any atom is -0.431 e. The van der Waals surface area contributed by atoms with E-state index in [1.807, 2.05) is 10.8 Å². The minimum atomic E-state index is 0.604. The number of hydrogen-bond acceptors (Lipinski definition) is 4. The summed E-state index contributed by atoms with van der Waals surface area (Å²) in [5.74, 6) is 0.966. The zero-order chi connectivity index (χ0) is 11.7. The summed E-state index contributed by atoms with van der Waals surface area (Å²) in [7, 11) is 0. The molecule has 0 bridgehead atoms. The predicted molar refractivity (Wildman–Crippen MR) is 62.9 cm³/mol. The number of oxazole rings is 1. The maximum absolute atomic E-state index is 5.48. The fourth-order valence-corrected chi connectivity index (χ4v) is 1.79. The van der Waals surface area contributed by atoms with Crippen LogP contribution in [0.1, 0.15) is 31.3 Å². The summed E-state index contributed by atoms with van der Waals surface area (Å²) in [4.78, 5) is 8.71. The van der Waals surface area contributed by atoms with Crippen LogP contribution >= 0.6 is 0 Å². The lowest BCUT2D eigenvalue weighted by molar-refractivity contribution is 0.519. The van der Waals surface area contributed by atoms with Gasteiger partial charge in [-0.1, -0.05) is 6.92 Å². The number of imidazole rings is 1. The summed E-state index contributed by atoms with van der Waals surface area (Å²) < 4.78 is 7.37. The van der Waals surface area contributed by atoms with Crippen molar-refractivity contribution in [1.29, 1.82) is 0 Å². The first-order valence-electron chi connectivity index (χ1n) is 6.07. The molecule has 1 saturated carbocycles. The van der Waals surface area contributed by atoms with Gasteiger partial charge in [-0.25, -0.2) is 4.98 Å². The molecule has 1 fully saturated rings. The fourth-order valence-electron chi connectivity index (χ4n) is 1.79. The van der Waals surface area contributed by atoms with Gasteiger partial charge in [-0.2, -0.15) is 4.98 Å². The maximum Gasteiger partial charge on any atom is 0.307 e. The highest BCUT2D eigenvalue weighted by Gasteiger charge is 2.20. The Hall–Kier alpha value is -1.62. The van der Waals surface area contributed by atoms with Crippen LogP contribution in [0.4, 0.5) is 0 Å². The Morgan fingerprint density at radius 3 is 3.18 bits per heavy atom. The molecular weight excluding hydrogens is 216 g/mol. The van der Waals surface area contributed by atoms with E-state index in [9.17, 15) is 0 Å². The first-order valence-corrected chi connectivity index (χ1v) is 6.07. The molecule has 2 aromatic heterocycles. The molecule has 5 nitrogen and oxygen atoms in total. The number of rotatable bonds is 5. The molecule has 0 aromatic carbocycles. The lowest BCUT2D eigenvalue weighted by atomic mass is 10.4. The van der Waals surface area contributed by atoms with E-state index in [-0.39, 0.29) is 0 Å². The zero-order valence-corrected chi connectivity index (χ0v) is 9.89. The van der Waals surface area contributed by atoms with Crippen molar-refractivity contribution >= 4 is 0 Å². The highest BCUT2D eigenvalue weighted by molar-refractivity contribution is 5.14. The van der Waals surface area contributed by atoms with E-state index in [1.165, 1.54) is 12.8 Å². The van der Waals surface area contributed by atoms with Gasteiger partial charge in [0.2, 0.25) is 0 Å². The highest BCUT2D eigenvalue weighted by Crippen LogP contribution is 2.19. The van der Waals surface area contributed by atoms with E-state index in [2.05, 4.69) is 22.2 Å². The Balaban J connectivity index is 1.74. The molecule has 0 saturated heterocycles. The van der Waals surface area contributed by atoms with Crippen LogP contribution in [-0.2, 0) is 13.0 Å². The number of nitrogens with zero attached hydrogens (tertiary/aromatic N) is 3. The average molecular weight is 232 g/mol. The molecule has 0 radical (unpaired) electrons. The van der Waals surface area contributed by atoms with Crippen molar-refractivity contribution in [3.05, 3.63) is 30.2 Å². The van der Waals surface area contributed by atoms with Gasteiger partial charge in [-0.3, -0.25) is 4.57 Å². The average Bonchev–Trinajstić information content (AvgIpc) is 2.89. The van der Waals surface area contributed by atoms with Crippen LogP contribution < -0.4 is 5.32 Å². The van der Waals surface area contributed by atoms with Gasteiger partial charge in [0, 0.05) is 31.4 Å². The molecule has 0 spiro atoms. The third-order valence-corrected chi connectivity index (χ3v) is 2.93. The molecule has 0 amide bonds. The number of aryl methyl sites for hydroxylation is 1. The molecule has 17 heavy (non-hydrogen) atoms. The second-order valence-corrected chi connectivity index (χ2v) is 4.34. The van der Waals surface area contributed by atoms with Crippen LogP contribution in [0.2, 0.25) is 0 Å². The smallest absolute Gasteiger partial charge is 0.307 e. The van der Waals surface area contributed by atoms with Crippen LogP contribution in [0.3, 0.4) is 0 Å². The molecule has 90 valence electrons. The molecule has 1 aliphatic carbocycles. The molecule has 0 atom stereocenters. The van der Waals surface area contributed by atoms with E-state index in [0.717, 1.165) is 24.5 Å². The fraction of sp³-hybridized carbons (Fsp3) is 0.500. The SMILES string of the molecule is CCc1nccn1-c1nc(CNC2CC2)co1. The number of nitrogens with one attached hydrogen (secondary N) is 1. The molecule has 2 aromatic rings. The number of aromatic nitrogens is 3. The van der Waals surface area contributed by atoms with Gasteiger partial charge in [0.1, 0.15) is 12.1 Å². The first kappa shape index (κ1) is 10.5. The van der Waals surface area contributed by atoms with Gasteiger partial charge in [0.05, 0.1) is 5.69 Å². The van der Waals surface area contributed by atoms with Gasteiger partial charge in [-0.05, 0) is 12.8 Å². The Bertz CT molecular complexity index is 498. The van der Waals surface area contributed by atoms with Crippen molar-refractivity contribution in [2.24, 2.45) is 0 Å². The minimum absolute atomic E-state index is 0.604. The quantitative estimate of drug-likeness (QED) is 0.852. The standard InChI is InChI=1S/C12H16N4O/c1-2-11-13-5-6-16(11)12-15-10(8-17-12)7-14-9-3-4-9/h5-6,8-9,14H,2-4,7H2,1H3. The molecule has 1 N–H and O–H groups in total. The van der Waals surface area contributed by atoms with E-state index >= 15 is 0 Å². The van der Waals surface area contributed by atoms with Crippen molar-refractivity contribution in [3.63, 3.8) is 0 Å². The van der Waals surface area contributed by atoms with E-state index in [1.54, 1.807) is 12.5 Å². The molecule has 0 aliphatic heterocycles. The predicted octanol–water partition coefficient (Wildman–Crippen LogP) is 1.67. The van der Waals surface area contributed by atoms with E-state index in [0.29, 0.717) is 12.1 Å². The van der Waals surface area contributed by atoms with Crippen molar-refractivity contribution in [2.75, 3.05) is 0 Å². The van der Waals surface area contributed by atoms with Crippen molar-refractivity contribution in [1.82, 2.24) is 19.9 Å². The van der Waals surface area contributed by atoms with Crippen molar-refractivity contribution in [2.45, 2.75) is 38.8 Å². The van der Waals surface area contributed by atoms with Crippen LogP contribution in [0.25, 0.3) is 6.01 Å². The third-order valence-electron chi connectivity index (χ3n) is 2.93. The lowest BCUT2D eigenvalue weighted by Crippen LogP contribution is -2.15. The Labute approximate surface area is 99.9 Å². The second kappa shape index (κ2) is 4.33. The van der Waals surface area contributed by atoms with E-state index in [4.69, 9.17) is 4.42 Å². The van der Waals surface area contributed by atoms with Gasteiger partial charge in [0.15, 0.2) is 0 Å². The Kier molecular flexibility index (Phi) is 2.68.